The third-order valence-electron chi connectivity index (χ3n) is 3.91. The van der Waals surface area contributed by atoms with E-state index in [9.17, 15) is 4.79 Å². The molecule has 1 amide bonds. The van der Waals surface area contributed by atoms with Crippen molar-refractivity contribution in [3.05, 3.63) is 82.6 Å². The van der Waals surface area contributed by atoms with Crippen molar-refractivity contribution in [3.8, 4) is 5.75 Å². The van der Waals surface area contributed by atoms with E-state index in [0.717, 1.165) is 11.4 Å². The molecule has 1 unspecified atom stereocenters. The molecule has 2 aromatic carbocycles. The van der Waals surface area contributed by atoms with Gasteiger partial charge in [0.15, 0.2) is 0 Å². The fourth-order valence-corrected chi connectivity index (χ4v) is 2.92. The summed E-state index contributed by atoms with van der Waals surface area (Å²) in [5.41, 5.74) is 2.12. The maximum atomic E-state index is 12.4. The molecule has 144 valence electrons. The topological polar surface area (TPSA) is 63.2 Å². The second-order valence-electron chi connectivity index (χ2n) is 6.12. The lowest BCUT2D eigenvalue weighted by Crippen LogP contribution is -2.31. The van der Waals surface area contributed by atoms with E-state index >= 15 is 0 Å². The minimum atomic E-state index is -0.488. The fourth-order valence-electron chi connectivity index (χ4n) is 2.46. The molecule has 0 aliphatic carbocycles. The quantitative estimate of drug-likeness (QED) is 0.541. The Bertz CT molecular complexity index is 951. The van der Waals surface area contributed by atoms with E-state index in [2.05, 4.69) is 15.6 Å². The molecule has 1 heterocycles. The molecule has 0 radical (unpaired) electrons. The number of rotatable bonds is 7. The SMILES string of the molecule is CC(Nc1cccc(OCc2ccccn2)c1)C(=O)Nc1ccc(Cl)cc1Cl. The van der Waals surface area contributed by atoms with E-state index in [0.29, 0.717) is 28.1 Å². The molecule has 0 saturated carbocycles. The zero-order valence-electron chi connectivity index (χ0n) is 15.2. The molecule has 0 saturated heterocycles. The zero-order valence-corrected chi connectivity index (χ0v) is 16.7. The highest BCUT2D eigenvalue weighted by Gasteiger charge is 2.14. The Balaban J connectivity index is 1.58. The largest absolute Gasteiger partial charge is 0.487 e. The van der Waals surface area contributed by atoms with Crippen LogP contribution in [0.25, 0.3) is 0 Å². The lowest BCUT2D eigenvalue weighted by atomic mass is 10.2. The molecule has 0 aliphatic heterocycles. The third kappa shape index (κ3) is 5.62. The molecular formula is C21H19Cl2N3O2. The Morgan fingerprint density at radius 2 is 1.96 bits per heavy atom. The van der Waals surface area contributed by atoms with Crippen molar-refractivity contribution in [3.63, 3.8) is 0 Å². The van der Waals surface area contributed by atoms with Crippen molar-refractivity contribution in [2.24, 2.45) is 0 Å². The standard InChI is InChI=1S/C21H19Cl2N3O2/c1-14(21(27)26-20-9-8-15(22)11-19(20)23)25-16-6-4-7-18(12-16)28-13-17-5-2-3-10-24-17/h2-12,14,25H,13H2,1H3,(H,26,27). The summed E-state index contributed by atoms with van der Waals surface area (Å²) >= 11 is 12.0. The second-order valence-corrected chi connectivity index (χ2v) is 6.96. The van der Waals surface area contributed by atoms with Gasteiger partial charge in [0.1, 0.15) is 18.4 Å². The van der Waals surface area contributed by atoms with Gasteiger partial charge < -0.3 is 15.4 Å². The molecule has 1 atom stereocenters. The summed E-state index contributed by atoms with van der Waals surface area (Å²) in [6.45, 7) is 2.13. The number of ether oxygens (including phenoxy) is 1. The van der Waals surface area contributed by atoms with Gasteiger partial charge in [0.2, 0.25) is 5.91 Å². The van der Waals surface area contributed by atoms with E-state index in [-0.39, 0.29) is 5.91 Å². The summed E-state index contributed by atoms with van der Waals surface area (Å²) in [6, 6.07) is 17.5. The van der Waals surface area contributed by atoms with E-state index < -0.39 is 6.04 Å². The number of pyridine rings is 1. The van der Waals surface area contributed by atoms with Crippen molar-refractivity contribution in [2.45, 2.75) is 19.6 Å². The average Bonchev–Trinajstić information content (AvgIpc) is 2.69. The van der Waals surface area contributed by atoms with Crippen molar-refractivity contribution in [2.75, 3.05) is 10.6 Å². The lowest BCUT2D eigenvalue weighted by molar-refractivity contribution is -0.116. The number of carbonyl (C=O) groups excluding carboxylic acids is 1. The van der Waals surface area contributed by atoms with Gasteiger partial charge >= 0.3 is 0 Å². The number of amides is 1. The monoisotopic (exact) mass is 415 g/mol. The average molecular weight is 416 g/mol. The summed E-state index contributed by atoms with van der Waals surface area (Å²) in [6.07, 6.45) is 1.73. The van der Waals surface area contributed by atoms with E-state index in [4.69, 9.17) is 27.9 Å². The Labute approximate surface area is 173 Å². The van der Waals surface area contributed by atoms with Gasteiger partial charge in [-0.3, -0.25) is 9.78 Å². The number of nitrogens with one attached hydrogen (secondary N) is 2. The van der Waals surface area contributed by atoms with E-state index in [1.165, 1.54) is 0 Å². The smallest absolute Gasteiger partial charge is 0.246 e. The molecule has 2 N–H and O–H groups in total. The van der Waals surface area contributed by atoms with Crippen LogP contribution in [-0.2, 0) is 11.4 Å². The number of aromatic nitrogens is 1. The lowest BCUT2D eigenvalue weighted by Gasteiger charge is -2.16. The predicted molar refractivity (Wildman–Crippen MR) is 113 cm³/mol. The van der Waals surface area contributed by atoms with Crippen LogP contribution in [0.2, 0.25) is 10.0 Å². The van der Waals surface area contributed by atoms with Crippen molar-refractivity contribution >= 4 is 40.5 Å². The maximum Gasteiger partial charge on any atom is 0.246 e. The van der Waals surface area contributed by atoms with Crippen LogP contribution < -0.4 is 15.4 Å². The highest BCUT2D eigenvalue weighted by atomic mass is 35.5. The molecular weight excluding hydrogens is 397 g/mol. The predicted octanol–water partition coefficient (Wildman–Crippen LogP) is 5.41. The number of hydrogen-bond donors (Lipinski definition) is 2. The van der Waals surface area contributed by atoms with Gasteiger partial charge in [-0.15, -0.1) is 0 Å². The molecule has 3 aromatic rings. The van der Waals surface area contributed by atoms with Crippen LogP contribution in [0.4, 0.5) is 11.4 Å². The summed E-state index contributed by atoms with van der Waals surface area (Å²) in [5, 5.41) is 6.84. The minimum Gasteiger partial charge on any atom is -0.487 e. The first kappa shape index (κ1) is 20.0. The Morgan fingerprint density at radius 1 is 1.11 bits per heavy atom. The van der Waals surface area contributed by atoms with Gasteiger partial charge in [0.25, 0.3) is 0 Å². The van der Waals surface area contributed by atoms with Crippen LogP contribution in [0.15, 0.2) is 66.9 Å². The molecule has 0 spiro atoms. The Kier molecular flexibility index (Phi) is 6.74. The summed E-state index contributed by atoms with van der Waals surface area (Å²) in [7, 11) is 0. The number of carbonyl (C=O) groups is 1. The van der Waals surface area contributed by atoms with E-state index in [1.54, 1.807) is 31.3 Å². The molecule has 0 fully saturated rings. The van der Waals surface area contributed by atoms with Crippen LogP contribution in [0, 0.1) is 0 Å². The first-order valence-corrected chi connectivity index (χ1v) is 9.42. The number of hydrogen-bond acceptors (Lipinski definition) is 4. The molecule has 7 heteroatoms. The van der Waals surface area contributed by atoms with Gasteiger partial charge in [-0.2, -0.15) is 0 Å². The summed E-state index contributed by atoms with van der Waals surface area (Å²) in [4.78, 5) is 16.7. The number of halogens is 2. The Morgan fingerprint density at radius 3 is 2.71 bits per heavy atom. The van der Waals surface area contributed by atoms with Crippen LogP contribution in [0.1, 0.15) is 12.6 Å². The summed E-state index contributed by atoms with van der Waals surface area (Å²) < 4.78 is 5.76. The molecule has 28 heavy (non-hydrogen) atoms. The summed E-state index contributed by atoms with van der Waals surface area (Å²) in [5.74, 6) is 0.466. The number of benzene rings is 2. The van der Waals surface area contributed by atoms with Gasteiger partial charge in [-0.25, -0.2) is 0 Å². The molecule has 1 aromatic heterocycles. The third-order valence-corrected chi connectivity index (χ3v) is 4.46. The van der Waals surface area contributed by atoms with E-state index in [1.807, 2.05) is 42.5 Å². The van der Waals surface area contributed by atoms with Gasteiger partial charge in [0.05, 0.1) is 16.4 Å². The van der Waals surface area contributed by atoms with Crippen molar-refractivity contribution in [1.82, 2.24) is 4.98 Å². The zero-order chi connectivity index (χ0) is 19.9. The fraction of sp³-hybridized carbons (Fsp3) is 0.143. The van der Waals surface area contributed by atoms with Crippen LogP contribution >= 0.6 is 23.2 Å². The first-order valence-electron chi connectivity index (χ1n) is 8.66. The highest BCUT2D eigenvalue weighted by Crippen LogP contribution is 2.26. The van der Waals surface area contributed by atoms with Gasteiger partial charge in [-0.1, -0.05) is 35.3 Å². The Hall–Kier alpha value is -2.76. The van der Waals surface area contributed by atoms with Crippen LogP contribution in [0.5, 0.6) is 5.75 Å². The minimum absolute atomic E-state index is 0.218. The number of nitrogens with zero attached hydrogens (tertiary/aromatic N) is 1. The van der Waals surface area contributed by atoms with Crippen LogP contribution in [-0.4, -0.2) is 16.9 Å². The highest BCUT2D eigenvalue weighted by molar-refractivity contribution is 6.36. The van der Waals surface area contributed by atoms with Crippen LogP contribution in [0.3, 0.4) is 0 Å². The molecule has 0 aliphatic rings. The molecule has 3 rings (SSSR count). The van der Waals surface area contributed by atoms with Crippen molar-refractivity contribution < 1.29 is 9.53 Å². The van der Waals surface area contributed by atoms with Crippen molar-refractivity contribution in [1.29, 1.82) is 0 Å². The normalized spacial score (nSPS) is 11.5. The maximum absolute atomic E-state index is 12.4. The second kappa shape index (κ2) is 9.44. The molecule has 5 nitrogen and oxygen atoms in total. The number of anilines is 2. The molecule has 0 bridgehead atoms. The first-order chi connectivity index (χ1) is 13.5. The van der Waals surface area contributed by atoms with Gasteiger partial charge in [0, 0.05) is 23.0 Å². The van der Waals surface area contributed by atoms with Gasteiger partial charge in [-0.05, 0) is 49.4 Å².